The highest BCUT2D eigenvalue weighted by molar-refractivity contribution is 9.10. The number of fused-ring (bicyclic) bond motifs is 1. The lowest BCUT2D eigenvalue weighted by Gasteiger charge is -2.10. The third-order valence-electron chi connectivity index (χ3n) is 5.90. The third kappa shape index (κ3) is 5.15. The number of aryl methyl sites for hydroxylation is 1. The van der Waals surface area contributed by atoms with Crippen molar-refractivity contribution in [3.63, 3.8) is 0 Å². The lowest BCUT2D eigenvalue weighted by Crippen LogP contribution is -2.21. The first-order valence-corrected chi connectivity index (χ1v) is 11.7. The molecule has 176 valence electrons. The summed E-state index contributed by atoms with van der Waals surface area (Å²) < 4.78 is 44.6. The lowest BCUT2D eigenvalue weighted by molar-refractivity contribution is -0.142. The van der Waals surface area contributed by atoms with E-state index in [-0.39, 0.29) is 12.1 Å². The van der Waals surface area contributed by atoms with Gasteiger partial charge in [-0.3, -0.25) is 14.2 Å². The lowest BCUT2D eigenvalue weighted by atomic mass is 10.1. The van der Waals surface area contributed by atoms with Gasteiger partial charge in [0.2, 0.25) is 5.91 Å². The van der Waals surface area contributed by atoms with E-state index in [1.54, 1.807) is 6.07 Å². The highest BCUT2D eigenvalue weighted by Crippen LogP contribution is 2.35. The van der Waals surface area contributed by atoms with E-state index in [0.717, 1.165) is 34.3 Å². The van der Waals surface area contributed by atoms with Crippen LogP contribution >= 0.6 is 15.9 Å². The maximum atomic E-state index is 13.5. The molecule has 2 heterocycles. The average Bonchev–Trinajstić information content (AvgIpc) is 3.07. The van der Waals surface area contributed by atoms with Gasteiger partial charge < -0.3 is 5.32 Å². The van der Waals surface area contributed by atoms with Crippen LogP contribution in [0.1, 0.15) is 53.2 Å². The first kappa shape index (κ1) is 23.5. The van der Waals surface area contributed by atoms with Gasteiger partial charge in [0.25, 0.3) is 0 Å². The number of nitrogens with one attached hydrogen (secondary N) is 1. The summed E-state index contributed by atoms with van der Waals surface area (Å²) in [6.07, 6.45) is -1.32. The van der Waals surface area contributed by atoms with Gasteiger partial charge in [-0.15, -0.1) is 0 Å². The number of hydrogen-bond donors (Lipinski definition) is 1. The van der Waals surface area contributed by atoms with E-state index in [1.807, 2.05) is 36.7 Å². The molecule has 0 bridgehead atoms. The Morgan fingerprint density at radius 3 is 2.58 bits per heavy atom. The van der Waals surface area contributed by atoms with Crippen LogP contribution in [0.15, 0.2) is 28.7 Å². The second-order valence-corrected chi connectivity index (χ2v) is 9.17. The number of benzene rings is 1. The van der Waals surface area contributed by atoms with Crippen molar-refractivity contribution < 1.29 is 18.0 Å². The van der Waals surface area contributed by atoms with E-state index in [4.69, 9.17) is 0 Å². The molecule has 3 aromatic rings. The Labute approximate surface area is 198 Å². The molecule has 4 rings (SSSR count). The van der Waals surface area contributed by atoms with Crippen molar-refractivity contribution in [1.82, 2.24) is 19.6 Å². The molecule has 0 radical (unpaired) electrons. The minimum absolute atomic E-state index is 0.242. The summed E-state index contributed by atoms with van der Waals surface area (Å²) in [5, 5.41) is 11.1. The van der Waals surface area contributed by atoms with E-state index >= 15 is 0 Å². The van der Waals surface area contributed by atoms with Crippen LogP contribution in [-0.2, 0) is 36.9 Å². The molecule has 2 aromatic heterocycles. The van der Waals surface area contributed by atoms with Crippen molar-refractivity contribution in [3.8, 4) is 0 Å². The SMILES string of the molecule is Cc1nn(Cc2cccc(NC(=O)Cn3nc(C(F)(F)F)c4c3CCCCC4)c2)c(C)c1Br. The van der Waals surface area contributed by atoms with Crippen LogP contribution in [0.4, 0.5) is 18.9 Å². The predicted octanol–water partition coefficient (Wildman–Crippen LogP) is 5.43. The van der Waals surface area contributed by atoms with E-state index in [2.05, 4.69) is 31.4 Å². The highest BCUT2D eigenvalue weighted by Gasteiger charge is 2.39. The average molecular weight is 524 g/mol. The summed E-state index contributed by atoms with van der Waals surface area (Å²) in [5.74, 6) is -0.413. The van der Waals surface area contributed by atoms with Crippen LogP contribution in [-0.4, -0.2) is 25.5 Å². The van der Waals surface area contributed by atoms with Crippen LogP contribution in [0.5, 0.6) is 0 Å². The summed E-state index contributed by atoms with van der Waals surface area (Å²) in [4.78, 5) is 12.7. The summed E-state index contributed by atoms with van der Waals surface area (Å²) in [7, 11) is 0. The molecule has 1 aromatic carbocycles. The highest BCUT2D eigenvalue weighted by atomic mass is 79.9. The van der Waals surface area contributed by atoms with E-state index < -0.39 is 17.8 Å². The summed E-state index contributed by atoms with van der Waals surface area (Å²) in [6, 6.07) is 7.35. The van der Waals surface area contributed by atoms with Gasteiger partial charge in [-0.2, -0.15) is 23.4 Å². The Morgan fingerprint density at radius 2 is 1.88 bits per heavy atom. The molecule has 0 spiro atoms. The maximum Gasteiger partial charge on any atom is 0.435 e. The Morgan fingerprint density at radius 1 is 1.12 bits per heavy atom. The third-order valence-corrected chi connectivity index (χ3v) is 7.05. The molecule has 1 aliphatic carbocycles. The fourth-order valence-corrected chi connectivity index (χ4v) is 4.58. The second kappa shape index (κ2) is 9.32. The number of amides is 1. The van der Waals surface area contributed by atoms with Gasteiger partial charge in [0.15, 0.2) is 5.69 Å². The van der Waals surface area contributed by atoms with Crippen LogP contribution in [0.2, 0.25) is 0 Å². The minimum atomic E-state index is -4.53. The molecule has 0 atom stereocenters. The summed E-state index contributed by atoms with van der Waals surface area (Å²) >= 11 is 3.52. The zero-order valence-electron chi connectivity index (χ0n) is 18.5. The number of hydrogen-bond acceptors (Lipinski definition) is 3. The number of halogens is 4. The standard InChI is InChI=1S/C23H25BrF3N5O/c1-14-21(24)15(2)31(29-14)12-16-7-6-8-17(11-16)28-20(33)13-32-19-10-5-3-4-9-18(19)22(30-32)23(25,26)27/h6-8,11H,3-5,9-10,12-13H2,1-2H3,(H,28,33). The summed E-state index contributed by atoms with van der Waals surface area (Å²) in [5.41, 5.74) is 3.33. The molecule has 6 nitrogen and oxygen atoms in total. The van der Waals surface area contributed by atoms with E-state index in [1.165, 1.54) is 4.68 Å². The smallest absolute Gasteiger partial charge is 0.324 e. The molecular weight excluding hydrogens is 499 g/mol. The van der Waals surface area contributed by atoms with Gasteiger partial charge in [0, 0.05) is 16.9 Å². The Balaban J connectivity index is 1.50. The molecule has 0 saturated carbocycles. The number of aromatic nitrogens is 4. The minimum Gasteiger partial charge on any atom is -0.324 e. The number of carbonyl (C=O) groups is 1. The van der Waals surface area contributed by atoms with Crippen LogP contribution < -0.4 is 5.32 Å². The van der Waals surface area contributed by atoms with Crippen molar-refractivity contribution in [2.75, 3.05) is 5.32 Å². The molecule has 1 N–H and O–H groups in total. The topological polar surface area (TPSA) is 64.7 Å². The molecule has 33 heavy (non-hydrogen) atoms. The first-order chi connectivity index (χ1) is 15.6. The van der Waals surface area contributed by atoms with Crippen LogP contribution in [0.3, 0.4) is 0 Å². The van der Waals surface area contributed by atoms with Gasteiger partial charge >= 0.3 is 6.18 Å². The molecule has 1 amide bonds. The zero-order valence-corrected chi connectivity index (χ0v) is 20.1. The van der Waals surface area contributed by atoms with Gasteiger partial charge in [-0.05, 0) is 73.2 Å². The van der Waals surface area contributed by atoms with Crippen molar-refractivity contribution in [2.24, 2.45) is 0 Å². The quantitative estimate of drug-likeness (QED) is 0.453. The Kier molecular flexibility index (Phi) is 6.65. The molecule has 0 saturated heterocycles. The monoisotopic (exact) mass is 523 g/mol. The van der Waals surface area contributed by atoms with Crippen molar-refractivity contribution in [1.29, 1.82) is 0 Å². The van der Waals surface area contributed by atoms with Gasteiger partial charge in [-0.1, -0.05) is 18.6 Å². The molecular formula is C23H25BrF3N5O. The molecule has 10 heteroatoms. The number of nitrogens with zero attached hydrogens (tertiary/aromatic N) is 4. The van der Waals surface area contributed by atoms with Gasteiger partial charge in [0.05, 0.1) is 22.4 Å². The van der Waals surface area contributed by atoms with Crippen molar-refractivity contribution in [2.45, 2.75) is 65.2 Å². The zero-order chi connectivity index (χ0) is 23.8. The Bertz CT molecular complexity index is 1180. The van der Waals surface area contributed by atoms with Crippen molar-refractivity contribution in [3.05, 3.63) is 62.6 Å². The largest absolute Gasteiger partial charge is 0.435 e. The second-order valence-electron chi connectivity index (χ2n) is 8.38. The fourth-order valence-electron chi connectivity index (χ4n) is 4.29. The van der Waals surface area contributed by atoms with Gasteiger partial charge in [0.1, 0.15) is 6.54 Å². The van der Waals surface area contributed by atoms with E-state index in [0.29, 0.717) is 37.2 Å². The van der Waals surface area contributed by atoms with Crippen LogP contribution in [0.25, 0.3) is 0 Å². The summed E-state index contributed by atoms with van der Waals surface area (Å²) in [6.45, 7) is 4.17. The normalized spacial score (nSPS) is 14.1. The van der Waals surface area contributed by atoms with Gasteiger partial charge in [-0.25, -0.2) is 0 Å². The Hall–Kier alpha value is -2.62. The van der Waals surface area contributed by atoms with Crippen LogP contribution in [0, 0.1) is 13.8 Å². The molecule has 0 fully saturated rings. The maximum absolute atomic E-state index is 13.5. The fraction of sp³-hybridized carbons (Fsp3) is 0.435. The van der Waals surface area contributed by atoms with E-state index in [9.17, 15) is 18.0 Å². The predicted molar refractivity (Wildman–Crippen MR) is 122 cm³/mol. The number of anilines is 1. The first-order valence-electron chi connectivity index (χ1n) is 10.9. The number of rotatable bonds is 5. The molecule has 0 aliphatic heterocycles. The number of alkyl halides is 3. The number of carbonyl (C=O) groups excluding carboxylic acids is 1. The molecule has 1 aliphatic rings. The van der Waals surface area contributed by atoms with Crippen molar-refractivity contribution >= 4 is 27.5 Å². The molecule has 0 unspecified atom stereocenters.